The van der Waals surface area contributed by atoms with Gasteiger partial charge in [0.1, 0.15) is 5.75 Å². The molecule has 0 radical (unpaired) electrons. The summed E-state index contributed by atoms with van der Waals surface area (Å²) in [5.74, 6) is 0.235. The van der Waals surface area contributed by atoms with Crippen molar-refractivity contribution in [1.29, 1.82) is 0 Å². The van der Waals surface area contributed by atoms with Crippen molar-refractivity contribution in [2.24, 2.45) is 0 Å². The van der Waals surface area contributed by atoms with Gasteiger partial charge in [0.25, 0.3) is 0 Å². The molecule has 1 N–H and O–H groups in total. The zero-order valence-electron chi connectivity index (χ0n) is 17.0. The van der Waals surface area contributed by atoms with Crippen LogP contribution in [0.15, 0.2) is 42.5 Å². The Morgan fingerprint density at radius 3 is 2.50 bits per heavy atom. The largest absolute Gasteiger partial charge is 0.383 e. The Morgan fingerprint density at radius 1 is 1.18 bits per heavy atom. The van der Waals surface area contributed by atoms with Crippen LogP contribution >= 0.6 is 0 Å². The predicted molar refractivity (Wildman–Crippen MR) is 112 cm³/mol. The summed E-state index contributed by atoms with van der Waals surface area (Å²) in [5.41, 5.74) is 3.70. The van der Waals surface area contributed by atoms with E-state index in [1.165, 1.54) is 0 Å². The number of benzene rings is 2. The Kier molecular flexibility index (Phi) is 7.07. The van der Waals surface area contributed by atoms with Crippen molar-refractivity contribution in [3.8, 4) is 5.75 Å². The number of anilines is 1. The lowest BCUT2D eigenvalue weighted by atomic mass is 10.1. The number of aryl methyl sites for hydroxylation is 2. The van der Waals surface area contributed by atoms with Crippen molar-refractivity contribution >= 4 is 21.8 Å². The van der Waals surface area contributed by atoms with Crippen LogP contribution in [-0.2, 0) is 16.7 Å². The maximum absolute atomic E-state index is 13.0. The number of carbonyl (C=O) groups is 1. The summed E-state index contributed by atoms with van der Waals surface area (Å²) in [6.45, 7) is 8.31. The molecule has 2 amide bonds. The molecule has 0 saturated carbocycles. The van der Waals surface area contributed by atoms with Gasteiger partial charge in [0.15, 0.2) is 0 Å². The average Bonchev–Trinajstić information content (AvgIpc) is 2.60. The second kappa shape index (κ2) is 9.10. The molecule has 0 aliphatic rings. The van der Waals surface area contributed by atoms with Crippen molar-refractivity contribution in [2.45, 2.75) is 46.7 Å². The molecule has 6 nitrogen and oxygen atoms in total. The van der Waals surface area contributed by atoms with E-state index in [-0.39, 0.29) is 17.8 Å². The SMILES string of the molecule is CC[C@@H](C)N(Cc1cccc(OS(C)(=O)=O)c1)C(=O)Nc1ccc(C)cc1C. The average molecular weight is 405 g/mol. The Hall–Kier alpha value is -2.54. The standard InChI is InChI=1S/C21H28N2O4S/c1-6-17(4)23(21(24)22-20-11-10-15(2)12-16(20)3)14-18-8-7-9-19(13-18)27-28(5,25)26/h7-13,17H,6,14H2,1-5H3,(H,22,24)/t17-/m1/s1. The van der Waals surface area contributed by atoms with E-state index in [1.807, 2.05) is 52.0 Å². The van der Waals surface area contributed by atoms with Gasteiger partial charge in [-0.05, 0) is 56.5 Å². The fraction of sp³-hybridized carbons (Fsp3) is 0.381. The smallest absolute Gasteiger partial charge is 0.322 e. The zero-order chi connectivity index (χ0) is 20.9. The van der Waals surface area contributed by atoms with Gasteiger partial charge >= 0.3 is 16.1 Å². The number of rotatable bonds is 7. The molecule has 0 unspecified atom stereocenters. The molecule has 0 aromatic heterocycles. The summed E-state index contributed by atoms with van der Waals surface area (Å²) in [5, 5.41) is 2.99. The number of carbonyl (C=O) groups excluding carboxylic acids is 1. The minimum Gasteiger partial charge on any atom is -0.383 e. The lowest BCUT2D eigenvalue weighted by Gasteiger charge is -2.29. The summed E-state index contributed by atoms with van der Waals surface area (Å²) in [6.07, 6.45) is 1.79. The van der Waals surface area contributed by atoms with Gasteiger partial charge in [0.2, 0.25) is 0 Å². The zero-order valence-corrected chi connectivity index (χ0v) is 17.8. The number of nitrogens with one attached hydrogen (secondary N) is 1. The Balaban J connectivity index is 2.22. The van der Waals surface area contributed by atoms with Crippen molar-refractivity contribution in [3.05, 3.63) is 59.2 Å². The highest BCUT2D eigenvalue weighted by Gasteiger charge is 2.20. The van der Waals surface area contributed by atoms with Crippen LogP contribution < -0.4 is 9.50 Å². The lowest BCUT2D eigenvalue weighted by Crippen LogP contribution is -2.40. The molecular formula is C21H28N2O4S. The maximum Gasteiger partial charge on any atom is 0.322 e. The predicted octanol–water partition coefficient (Wildman–Crippen LogP) is 4.47. The topological polar surface area (TPSA) is 75.7 Å². The summed E-state index contributed by atoms with van der Waals surface area (Å²) < 4.78 is 27.7. The van der Waals surface area contributed by atoms with Crippen LogP contribution in [0.4, 0.5) is 10.5 Å². The Bertz CT molecular complexity index is 941. The van der Waals surface area contributed by atoms with E-state index in [0.717, 1.165) is 35.1 Å². The Morgan fingerprint density at radius 2 is 1.89 bits per heavy atom. The molecule has 0 saturated heterocycles. The van der Waals surface area contributed by atoms with E-state index < -0.39 is 10.1 Å². The fourth-order valence-corrected chi connectivity index (χ4v) is 3.31. The molecule has 0 aliphatic heterocycles. The van der Waals surface area contributed by atoms with Crippen molar-refractivity contribution in [1.82, 2.24) is 4.90 Å². The molecule has 1 atom stereocenters. The van der Waals surface area contributed by atoms with Crippen molar-refractivity contribution < 1.29 is 17.4 Å². The van der Waals surface area contributed by atoms with E-state index in [9.17, 15) is 13.2 Å². The summed E-state index contributed by atoms with van der Waals surface area (Å²) in [7, 11) is -3.60. The molecule has 0 heterocycles. The van der Waals surface area contributed by atoms with E-state index in [1.54, 1.807) is 23.1 Å². The summed E-state index contributed by atoms with van der Waals surface area (Å²) in [4.78, 5) is 14.7. The number of amides is 2. The van der Waals surface area contributed by atoms with E-state index in [4.69, 9.17) is 4.18 Å². The monoisotopic (exact) mass is 404 g/mol. The third-order valence-electron chi connectivity index (χ3n) is 4.51. The molecule has 152 valence electrons. The molecular weight excluding hydrogens is 376 g/mol. The van der Waals surface area contributed by atoms with Gasteiger partial charge in [0, 0.05) is 18.3 Å². The van der Waals surface area contributed by atoms with E-state index >= 15 is 0 Å². The van der Waals surface area contributed by atoms with Crippen LogP contribution in [0.5, 0.6) is 5.75 Å². The summed E-state index contributed by atoms with van der Waals surface area (Å²) >= 11 is 0. The molecule has 28 heavy (non-hydrogen) atoms. The van der Waals surface area contributed by atoms with E-state index in [2.05, 4.69) is 5.32 Å². The first-order valence-electron chi connectivity index (χ1n) is 9.22. The highest BCUT2D eigenvalue weighted by atomic mass is 32.2. The van der Waals surface area contributed by atoms with Gasteiger partial charge in [-0.1, -0.05) is 36.8 Å². The maximum atomic E-state index is 13.0. The van der Waals surface area contributed by atoms with Gasteiger partial charge in [-0.25, -0.2) is 4.79 Å². The molecule has 2 rings (SSSR count). The second-order valence-electron chi connectivity index (χ2n) is 7.07. The first kappa shape index (κ1) is 21.8. The van der Waals surface area contributed by atoms with Crippen LogP contribution in [-0.4, -0.2) is 31.6 Å². The third kappa shape index (κ3) is 6.27. The minimum atomic E-state index is -3.60. The fourth-order valence-electron chi connectivity index (χ4n) is 2.86. The van der Waals surface area contributed by atoms with Crippen LogP contribution in [0.3, 0.4) is 0 Å². The lowest BCUT2D eigenvalue weighted by molar-refractivity contribution is 0.187. The minimum absolute atomic E-state index is 0.00485. The molecule has 0 bridgehead atoms. The highest BCUT2D eigenvalue weighted by Crippen LogP contribution is 2.21. The molecule has 7 heteroatoms. The quantitative estimate of drug-likeness (QED) is 0.691. The molecule has 2 aromatic rings. The number of nitrogens with zero attached hydrogens (tertiary/aromatic N) is 1. The van der Waals surface area contributed by atoms with Crippen molar-refractivity contribution in [3.63, 3.8) is 0 Å². The van der Waals surface area contributed by atoms with Crippen LogP contribution in [0, 0.1) is 13.8 Å². The van der Waals surface area contributed by atoms with Gasteiger partial charge in [-0.2, -0.15) is 8.42 Å². The molecule has 0 aliphatic carbocycles. The van der Waals surface area contributed by atoms with Gasteiger partial charge in [0.05, 0.1) is 6.26 Å². The molecule has 0 spiro atoms. The summed E-state index contributed by atoms with van der Waals surface area (Å²) in [6, 6.07) is 12.5. The van der Waals surface area contributed by atoms with Crippen LogP contribution in [0.25, 0.3) is 0 Å². The third-order valence-corrected chi connectivity index (χ3v) is 5.00. The van der Waals surface area contributed by atoms with Gasteiger partial charge < -0.3 is 14.4 Å². The molecule has 2 aromatic carbocycles. The van der Waals surface area contributed by atoms with Crippen LogP contribution in [0.1, 0.15) is 37.0 Å². The highest BCUT2D eigenvalue weighted by molar-refractivity contribution is 7.86. The number of hydrogen-bond acceptors (Lipinski definition) is 4. The van der Waals surface area contributed by atoms with E-state index in [0.29, 0.717) is 6.54 Å². The second-order valence-corrected chi connectivity index (χ2v) is 8.64. The van der Waals surface area contributed by atoms with Gasteiger partial charge in [-0.3, -0.25) is 0 Å². The number of hydrogen-bond donors (Lipinski definition) is 1. The Labute approximate surface area is 167 Å². The normalized spacial score (nSPS) is 12.3. The number of urea groups is 1. The molecule has 0 fully saturated rings. The van der Waals surface area contributed by atoms with Gasteiger partial charge in [-0.15, -0.1) is 0 Å². The first-order valence-corrected chi connectivity index (χ1v) is 11.0. The first-order chi connectivity index (χ1) is 13.1. The van der Waals surface area contributed by atoms with Crippen LogP contribution in [0.2, 0.25) is 0 Å². The van der Waals surface area contributed by atoms with Crippen molar-refractivity contribution in [2.75, 3.05) is 11.6 Å².